The summed E-state index contributed by atoms with van der Waals surface area (Å²) < 4.78 is 16.8. The Kier molecular flexibility index (Phi) is 5.37. The fraction of sp³-hybridized carbons (Fsp3) is 0.417. The van der Waals surface area contributed by atoms with Gasteiger partial charge in [-0.05, 0) is 61.7 Å². The molecule has 0 aliphatic carbocycles. The molecule has 156 valence electrons. The standard InChI is InChI=1S/C24H27N3O3/c1-16-11-19(12-18-3-5-23(25-14-18)24-29-9-10-30-24)21-13-20(4-6-22(21)26-16)27-7-8-28-17(2)15-27/h3-6,11,13-14,17,24H,7-10,12,15H2,1-2H3/t17-/m1/s1. The molecule has 0 amide bonds. The molecule has 2 aromatic heterocycles. The molecule has 5 rings (SSSR count). The second-order valence-electron chi connectivity index (χ2n) is 8.09. The zero-order chi connectivity index (χ0) is 20.5. The predicted octanol–water partition coefficient (Wildman–Crippen LogP) is 3.80. The summed E-state index contributed by atoms with van der Waals surface area (Å²) in [7, 11) is 0. The summed E-state index contributed by atoms with van der Waals surface area (Å²) in [5, 5.41) is 1.20. The van der Waals surface area contributed by atoms with Crippen LogP contribution in [0.1, 0.15) is 35.7 Å². The number of benzene rings is 1. The normalized spacial score (nSPS) is 20.2. The lowest BCUT2D eigenvalue weighted by molar-refractivity contribution is -0.0472. The second-order valence-corrected chi connectivity index (χ2v) is 8.09. The van der Waals surface area contributed by atoms with Crippen LogP contribution >= 0.6 is 0 Å². The fourth-order valence-corrected chi connectivity index (χ4v) is 4.26. The van der Waals surface area contributed by atoms with Crippen molar-refractivity contribution in [2.75, 3.05) is 37.8 Å². The third-order valence-electron chi connectivity index (χ3n) is 5.72. The number of aryl methyl sites for hydroxylation is 1. The van der Waals surface area contributed by atoms with Crippen LogP contribution in [-0.2, 0) is 20.6 Å². The summed E-state index contributed by atoms with van der Waals surface area (Å²) in [6, 6.07) is 12.9. The summed E-state index contributed by atoms with van der Waals surface area (Å²) in [5.74, 6) is 0. The quantitative estimate of drug-likeness (QED) is 0.658. The Hall–Kier alpha value is -2.54. The summed E-state index contributed by atoms with van der Waals surface area (Å²) in [4.78, 5) is 11.7. The molecule has 0 spiro atoms. The van der Waals surface area contributed by atoms with Crippen LogP contribution in [0.25, 0.3) is 10.9 Å². The van der Waals surface area contributed by atoms with Gasteiger partial charge < -0.3 is 19.1 Å². The Morgan fingerprint density at radius 3 is 2.67 bits per heavy atom. The van der Waals surface area contributed by atoms with Gasteiger partial charge in [0, 0.05) is 36.1 Å². The van der Waals surface area contributed by atoms with Crippen LogP contribution in [0.4, 0.5) is 5.69 Å². The maximum atomic E-state index is 5.70. The van der Waals surface area contributed by atoms with Crippen molar-refractivity contribution >= 4 is 16.6 Å². The average molecular weight is 405 g/mol. The molecule has 30 heavy (non-hydrogen) atoms. The highest BCUT2D eigenvalue weighted by Crippen LogP contribution is 2.28. The van der Waals surface area contributed by atoms with Crippen LogP contribution in [0.5, 0.6) is 0 Å². The van der Waals surface area contributed by atoms with Crippen molar-refractivity contribution in [3.05, 3.63) is 65.1 Å². The minimum atomic E-state index is -0.332. The van der Waals surface area contributed by atoms with Gasteiger partial charge in [-0.1, -0.05) is 6.07 Å². The number of morpholine rings is 1. The van der Waals surface area contributed by atoms with E-state index < -0.39 is 0 Å². The van der Waals surface area contributed by atoms with Crippen LogP contribution < -0.4 is 4.90 Å². The van der Waals surface area contributed by atoms with Gasteiger partial charge in [0.1, 0.15) is 0 Å². The number of hydrogen-bond acceptors (Lipinski definition) is 6. The summed E-state index contributed by atoms with van der Waals surface area (Å²) in [5.41, 5.74) is 6.55. The molecule has 2 saturated heterocycles. The molecular formula is C24H27N3O3. The summed E-state index contributed by atoms with van der Waals surface area (Å²) in [6.45, 7) is 8.03. The molecular weight excluding hydrogens is 378 g/mol. The van der Waals surface area contributed by atoms with E-state index >= 15 is 0 Å². The fourth-order valence-electron chi connectivity index (χ4n) is 4.26. The number of nitrogens with zero attached hydrogens (tertiary/aromatic N) is 3. The zero-order valence-corrected chi connectivity index (χ0v) is 17.5. The maximum Gasteiger partial charge on any atom is 0.201 e. The molecule has 6 nitrogen and oxygen atoms in total. The van der Waals surface area contributed by atoms with E-state index in [2.05, 4.69) is 54.1 Å². The van der Waals surface area contributed by atoms with Crippen molar-refractivity contribution in [3.8, 4) is 0 Å². The Morgan fingerprint density at radius 1 is 1.03 bits per heavy atom. The first-order chi connectivity index (χ1) is 14.7. The van der Waals surface area contributed by atoms with Crippen LogP contribution in [0.3, 0.4) is 0 Å². The monoisotopic (exact) mass is 405 g/mol. The second kappa shape index (κ2) is 8.30. The Morgan fingerprint density at radius 2 is 1.90 bits per heavy atom. The van der Waals surface area contributed by atoms with Crippen molar-refractivity contribution < 1.29 is 14.2 Å². The largest absolute Gasteiger partial charge is 0.375 e. The van der Waals surface area contributed by atoms with Crippen LogP contribution in [0.2, 0.25) is 0 Å². The van der Waals surface area contributed by atoms with E-state index in [9.17, 15) is 0 Å². The van der Waals surface area contributed by atoms with Gasteiger partial charge in [0.05, 0.1) is 37.1 Å². The first-order valence-electron chi connectivity index (χ1n) is 10.6. The van der Waals surface area contributed by atoms with E-state index in [1.807, 2.05) is 12.3 Å². The van der Waals surface area contributed by atoms with Gasteiger partial charge in [0.15, 0.2) is 0 Å². The smallest absolute Gasteiger partial charge is 0.201 e. The molecule has 2 fully saturated rings. The molecule has 0 N–H and O–H groups in total. The van der Waals surface area contributed by atoms with Gasteiger partial charge in [-0.2, -0.15) is 0 Å². The van der Waals surface area contributed by atoms with Crippen LogP contribution in [-0.4, -0.2) is 49.0 Å². The van der Waals surface area contributed by atoms with E-state index in [1.54, 1.807) is 0 Å². The van der Waals surface area contributed by atoms with Gasteiger partial charge in [-0.3, -0.25) is 9.97 Å². The van der Waals surface area contributed by atoms with Crippen molar-refractivity contribution in [1.29, 1.82) is 0 Å². The van der Waals surface area contributed by atoms with E-state index in [-0.39, 0.29) is 12.4 Å². The van der Waals surface area contributed by atoms with E-state index in [0.29, 0.717) is 13.2 Å². The molecule has 0 unspecified atom stereocenters. The number of fused-ring (bicyclic) bond motifs is 1. The zero-order valence-electron chi connectivity index (χ0n) is 17.5. The lowest BCUT2D eigenvalue weighted by Gasteiger charge is -2.33. The lowest BCUT2D eigenvalue weighted by atomic mass is 10.00. The van der Waals surface area contributed by atoms with Gasteiger partial charge in [-0.15, -0.1) is 0 Å². The van der Waals surface area contributed by atoms with Gasteiger partial charge in [0.25, 0.3) is 0 Å². The van der Waals surface area contributed by atoms with Gasteiger partial charge in [-0.25, -0.2) is 0 Å². The minimum absolute atomic E-state index is 0.252. The highest BCUT2D eigenvalue weighted by atomic mass is 16.7. The Labute approximate surface area is 176 Å². The molecule has 2 aliphatic heterocycles. The molecule has 1 aromatic carbocycles. The molecule has 0 saturated carbocycles. The molecule has 4 heterocycles. The molecule has 0 bridgehead atoms. The van der Waals surface area contributed by atoms with Gasteiger partial charge in [0.2, 0.25) is 6.29 Å². The summed E-state index contributed by atoms with van der Waals surface area (Å²) in [6.07, 6.45) is 2.65. The third-order valence-corrected chi connectivity index (χ3v) is 5.72. The molecule has 6 heteroatoms. The first-order valence-corrected chi connectivity index (χ1v) is 10.6. The highest BCUT2D eigenvalue weighted by molar-refractivity contribution is 5.86. The summed E-state index contributed by atoms with van der Waals surface area (Å²) >= 11 is 0. The van der Waals surface area contributed by atoms with Crippen molar-refractivity contribution in [1.82, 2.24) is 9.97 Å². The number of anilines is 1. The number of ether oxygens (including phenoxy) is 3. The van der Waals surface area contributed by atoms with Crippen LogP contribution in [0.15, 0.2) is 42.6 Å². The average Bonchev–Trinajstić information content (AvgIpc) is 3.29. The highest BCUT2D eigenvalue weighted by Gasteiger charge is 2.20. The van der Waals surface area contributed by atoms with Crippen LogP contribution in [0, 0.1) is 6.92 Å². The Balaban J connectivity index is 1.44. The van der Waals surface area contributed by atoms with Gasteiger partial charge >= 0.3 is 0 Å². The molecule has 3 aromatic rings. The Bertz CT molecular complexity index is 1030. The predicted molar refractivity (Wildman–Crippen MR) is 116 cm³/mol. The number of rotatable bonds is 4. The van der Waals surface area contributed by atoms with E-state index in [4.69, 9.17) is 19.2 Å². The van der Waals surface area contributed by atoms with Crippen molar-refractivity contribution in [2.24, 2.45) is 0 Å². The minimum Gasteiger partial charge on any atom is -0.375 e. The SMILES string of the molecule is Cc1cc(Cc2ccc(C3OCCO3)nc2)c2cc(N3CCO[C@H](C)C3)ccc2n1. The molecule has 0 radical (unpaired) electrons. The number of hydrogen-bond donors (Lipinski definition) is 0. The molecule has 2 aliphatic rings. The lowest BCUT2D eigenvalue weighted by Crippen LogP contribution is -2.41. The van der Waals surface area contributed by atoms with Crippen molar-refractivity contribution in [2.45, 2.75) is 32.7 Å². The van der Waals surface area contributed by atoms with E-state index in [1.165, 1.54) is 16.6 Å². The van der Waals surface area contributed by atoms with Crippen molar-refractivity contribution in [3.63, 3.8) is 0 Å². The third kappa shape index (κ3) is 4.03. The molecule has 1 atom stereocenters. The van der Waals surface area contributed by atoms with E-state index in [0.717, 1.165) is 48.6 Å². The first kappa shape index (κ1) is 19.4. The number of aromatic nitrogens is 2. The topological polar surface area (TPSA) is 56.7 Å². The number of pyridine rings is 2. The maximum absolute atomic E-state index is 5.70.